The number of hydrogen-bond donors (Lipinski definition) is 0. The molecule has 0 saturated heterocycles. The van der Waals surface area contributed by atoms with Crippen molar-refractivity contribution < 1.29 is 52.3 Å². The molecule has 0 unspecified atom stereocenters. The van der Waals surface area contributed by atoms with Crippen molar-refractivity contribution in [3.05, 3.63) is 15.3 Å². The second kappa shape index (κ2) is 11.9. The summed E-state index contributed by atoms with van der Waals surface area (Å²) in [5.74, 6) is 0. The average molecular weight is 511 g/mol. The molecule has 0 heterocycles. The molecule has 12 heteroatoms. The molecule has 0 spiro atoms. The Kier molecular flexibility index (Phi) is 16.7. The molecule has 1 saturated carbocycles. The number of alkyl halides is 6. The predicted octanol–water partition coefficient (Wildman–Crippen LogP) is 2.58. The quantitative estimate of drug-likeness (QED) is 0.284. The van der Waals surface area contributed by atoms with Crippen LogP contribution in [-0.4, -0.2) is 42.8 Å². The van der Waals surface area contributed by atoms with Crippen LogP contribution in [0.5, 0.6) is 0 Å². The molecule has 1 aliphatic carbocycles. The normalized spacial score (nSPS) is 38.3. The summed E-state index contributed by atoms with van der Waals surface area (Å²) in [6, 6.07) is 0. The first-order valence-electron chi connectivity index (χ1n) is 3.86. The minimum absolute atomic E-state index is 0. The second-order valence-electron chi connectivity index (χ2n) is 2.89. The van der Waals surface area contributed by atoms with Crippen LogP contribution in [0.25, 0.3) is 0 Å². The van der Waals surface area contributed by atoms with Gasteiger partial charge in [0, 0.05) is 41.7 Å². The van der Waals surface area contributed by atoms with Crippen LogP contribution in [0.4, 0.5) is 0 Å². The van der Waals surface area contributed by atoms with Crippen molar-refractivity contribution in [1.82, 2.24) is 0 Å². The molecule has 0 aromatic heterocycles. The molecule has 0 radical (unpaired) electrons. The van der Waals surface area contributed by atoms with Crippen LogP contribution in [0.2, 0.25) is 0 Å². The molecule has 0 aromatic carbocycles. The van der Waals surface area contributed by atoms with Crippen LogP contribution in [0, 0.1) is 57.1 Å². The summed E-state index contributed by atoms with van der Waals surface area (Å²) in [5.41, 5.74) is 0. The summed E-state index contributed by atoms with van der Waals surface area (Å²) in [7, 11) is 0. The van der Waals surface area contributed by atoms with E-state index < -0.39 is 37.3 Å². The molecule has 0 atom stereocenters. The first-order valence-corrected chi connectivity index (χ1v) is 6.48. The van der Waals surface area contributed by atoms with E-state index in [1.165, 1.54) is 0 Å². The van der Waals surface area contributed by atoms with Crippen molar-refractivity contribution in [1.29, 1.82) is 0 Å². The Morgan fingerprint density at radius 3 is 0.778 bits per heavy atom. The molecule has 18 heavy (non-hydrogen) atoms. The van der Waals surface area contributed by atoms with Gasteiger partial charge in [-0.05, 0) is 0 Å². The fourth-order valence-electron chi connectivity index (χ4n) is 1.05. The smallest absolute Gasteiger partial charge is 0.0693 e. The number of rotatable bonds is 0. The van der Waals surface area contributed by atoms with Gasteiger partial charge in [0.05, 0.1) is 37.3 Å². The molecule has 5 nitrogen and oxygen atoms in total. The summed E-state index contributed by atoms with van der Waals surface area (Å²) in [6.45, 7) is 0. The number of hydrogen-bond acceptors (Lipinski definition) is 3. The molecule has 2 N–H and O–H groups in total. The zero-order chi connectivity index (χ0) is 13.0. The summed E-state index contributed by atoms with van der Waals surface area (Å²) in [6.07, 6.45) is 0. The minimum atomic E-state index is -1.75. The van der Waals surface area contributed by atoms with E-state index in [4.69, 9.17) is 84.9 Å². The Hall–Kier alpha value is 2.28. The van der Waals surface area contributed by atoms with Gasteiger partial charge < -0.3 is 20.8 Å². The summed E-state index contributed by atoms with van der Waals surface area (Å²) >= 11 is 35.3. The molecular weight excluding hydrogens is 503 g/mol. The third-order valence-electron chi connectivity index (χ3n) is 1.83. The molecule has 0 aromatic rings. The molecule has 0 aliphatic heterocycles. The van der Waals surface area contributed by atoms with E-state index in [0.29, 0.717) is 0 Å². The Morgan fingerprint density at radius 2 is 0.722 bits per heavy atom. The first kappa shape index (κ1) is 25.2. The SMILES string of the molecule is ClC1C(Cl)C(Cl)C(Cl)C(Cl)C1Cl.O.O=[N+]([O-])[O-].[Ce]. The Morgan fingerprint density at radius 1 is 0.667 bits per heavy atom. The van der Waals surface area contributed by atoms with Gasteiger partial charge >= 0.3 is 0 Å². The zero-order valence-corrected chi connectivity index (χ0v) is 16.1. The monoisotopic (exact) mass is 508 g/mol. The molecule has 108 valence electrons. The third-order valence-corrected chi connectivity index (χ3v) is 5.86. The van der Waals surface area contributed by atoms with Gasteiger partial charge in [0.1, 0.15) is 0 Å². The van der Waals surface area contributed by atoms with Gasteiger partial charge in [-0.15, -0.1) is 69.6 Å². The van der Waals surface area contributed by atoms with Crippen molar-refractivity contribution in [3.63, 3.8) is 0 Å². The standard InChI is InChI=1S/C6H6Cl6.Ce.NO3.H2O/c7-1-2(8)4(10)6(12)5(11)3(1)9;;2-1(3)4;/h1-6H;;;1H2/q;;-1;. The minimum Gasteiger partial charge on any atom is -0.412 e. The van der Waals surface area contributed by atoms with Crippen molar-refractivity contribution in [2.24, 2.45) is 0 Å². The maximum atomic E-state index is 8.25. The van der Waals surface area contributed by atoms with Gasteiger partial charge in [0.15, 0.2) is 0 Å². The topological polar surface area (TPSA) is 97.7 Å². The number of halogens is 6. The fraction of sp³-hybridized carbons (Fsp3) is 1.00. The maximum Gasteiger partial charge on any atom is 0.0693 e. The van der Waals surface area contributed by atoms with Crippen LogP contribution >= 0.6 is 69.6 Å². The van der Waals surface area contributed by atoms with Gasteiger partial charge in [-0.3, -0.25) is 0 Å². The predicted molar refractivity (Wildman–Crippen MR) is 71.8 cm³/mol. The van der Waals surface area contributed by atoms with Gasteiger partial charge in [-0.1, -0.05) is 0 Å². The molecule has 1 fully saturated rings. The fourth-order valence-corrected chi connectivity index (χ4v) is 3.38. The van der Waals surface area contributed by atoms with Crippen LogP contribution in [-0.2, 0) is 0 Å². The first-order chi connectivity index (χ1) is 7.20. The molecular formula is C6H8CeCl6NO4-. The van der Waals surface area contributed by atoms with Crippen molar-refractivity contribution in [3.8, 4) is 0 Å². The van der Waals surface area contributed by atoms with E-state index in [9.17, 15) is 0 Å². The van der Waals surface area contributed by atoms with E-state index in [0.717, 1.165) is 0 Å². The van der Waals surface area contributed by atoms with Crippen molar-refractivity contribution in [2.75, 3.05) is 0 Å². The van der Waals surface area contributed by atoms with E-state index in [1.807, 2.05) is 0 Å². The maximum absolute atomic E-state index is 8.25. The summed E-state index contributed by atoms with van der Waals surface area (Å²) in [5, 5.41) is 12.1. The molecule has 0 amide bonds. The van der Waals surface area contributed by atoms with E-state index in [-0.39, 0.29) is 47.2 Å². The Labute approximate surface area is 167 Å². The van der Waals surface area contributed by atoms with E-state index in [1.54, 1.807) is 0 Å². The van der Waals surface area contributed by atoms with Gasteiger partial charge in [0.2, 0.25) is 0 Å². The van der Waals surface area contributed by atoms with Crippen LogP contribution in [0.15, 0.2) is 0 Å². The summed E-state index contributed by atoms with van der Waals surface area (Å²) in [4.78, 5) is 8.25. The van der Waals surface area contributed by atoms with Crippen LogP contribution in [0.3, 0.4) is 0 Å². The number of nitrogens with zero attached hydrogens (tertiary/aromatic N) is 1. The third kappa shape index (κ3) is 7.90. The van der Waals surface area contributed by atoms with Gasteiger partial charge in [-0.2, -0.15) is 0 Å². The second-order valence-corrected chi connectivity index (χ2v) is 5.91. The molecule has 0 bridgehead atoms. The van der Waals surface area contributed by atoms with Gasteiger partial charge in [-0.25, -0.2) is 0 Å². The van der Waals surface area contributed by atoms with E-state index >= 15 is 0 Å². The van der Waals surface area contributed by atoms with Crippen LogP contribution in [0.1, 0.15) is 0 Å². The Bertz CT molecular complexity index is 190. The molecule has 1 rings (SSSR count). The van der Waals surface area contributed by atoms with Crippen molar-refractivity contribution in [2.45, 2.75) is 32.3 Å². The van der Waals surface area contributed by atoms with Crippen LogP contribution < -0.4 is 0 Å². The summed E-state index contributed by atoms with van der Waals surface area (Å²) < 4.78 is 0. The molecule has 1 aliphatic rings. The Balaban J connectivity index is -0.000000332. The van der Waals surface area contributed by atoms with Crippen molar-refractivity contribution >= 4 is 69.6 Å². The zero-order valence-electron chi connectivity index (χ0n) is 8.40. The average Bonchev–Trinajstić information content (AvgIpc) is 2.20. The largest absolute Gasteiger partial charge is 0.412 e. The van der Waals surface area contributed by atoms with Gasteiger partial charge in [0.25, 0.3) is 0 Å². The van der Waals surface area contributed by atoms with E-state index in [2.05, 4.69) is 0 Å².